The molecule has 18 heavy (non-hydrogen) atoms. The average Bonchev–Trinajstić information content (AvgIpc) is 2.35. The highest BCUT2D eigenvalue weighted by Crippen LogP contribution is 2.30. The molecule has 1 aromatic rings. The summed E-state index contributed by atoms with van der Waals surface area (Å²) in [5, 5.41) is 9.79. The standard InChI is InChI=1S/C11H16Cl2N4O/c12-8-7-9(13)11(15-10(8)14)17-3-1-16(2-4-17)5-6-18/h7,18H,1-6H2,(H2,14,15). The van der Waals surface area contributed by atoms with Crippen molar-refractivity contribution in [3.63, 3.8) is 0 Å². The van der Waals surface area contributed by atoms with Gasteiger partial charge in [0.05, 0.1) is 16.7 Å². The number of rotatable bonds is 3. The molecule has 100 valence electrons. The van der Waals surface area contributed by atoms with E-state index in [1.54, 1.807) is 6.07 Å². The number of aliphatic hydroxyl groups is 1. The van der Waals surface area contributed by atoms with Crippen LogP contribution in [0.2, 0.25) is 10.0 Å². The van der Waals surface area contributed by atoms with Crippen molar-refractivity contribution in [3.05, 3.63) is 16.1 Å². The number of aromatic nitrogens is 1. The van der Waals surface area contributed by atoms with Gasteiger partial charge in [-0.1, -0.05) is 23.2 Å². The Kier molecular flexibility index (Phi) is 4.50. The van der Waals surface area contributed by atoms with Crippen molar-refractivity contribution in [3.8, 4) is 0 Å². The van der Waals surface area contributed by atoms with Gasteiger partial charge in [0, 0.05) is 32.7 Å². The first-order valence-electron chi connectivity index (χ1n) is 5.81. The van der Waals surface area contributed by atoms with Crippen molar-refractivity contribution < 1.29 is 5.11 Å². The fourth-order valence-electron chi connectivity index (χ4n) is 2.02. The molecule has 0 spiro atoms. The van der Waals surface area contributed by atoms with E-state index >= 15 is 0 Å². The van der Waals surface area contributed by atoms with Gasteiger partial charge in [-0.15, -0.1) is 0 Å². The predicted molar refractivity (Wildman–Crippen MR) is 74.4 cm³/mol. The molecule has 0 atom stereocenters. The number of nitrogens with two attached hydrogens (primary N) is 1. The van der Waals surface area contributed by atoms with Crippen molar-refractivity contribution in [1.82, 2.24) is 9.88 Å². The van der Waals surface area contributed by atoms with E-state index in [1.807, 2.05) is 0 Å². The molecule has 0 amide bonds. The number of nitrogens with zero attached hydrogens (tertiary/aromatic N) is 3. The van der Waals surface area contributed by atoms with Gasteiger partial charge in [-0.3, -0.25) is 4.90 Å². The number of hydrogen-bond acceptors (Lipinski definition) is 5. The quantitative estimate of drug-likeness (QED) is 0.872. The van der Waals surface area contributed by atoms with Crippen LogP contribution in [-0.4, -0.2) is 54.3 Å². The minimum atomic E-state index is 0.187. The number of halogens is 2. The molecule has 2 heterocycles. The van der Waals surface area contributed by atoms with Crippen LogP contribution in [0.15, 0.2) is 6.07 Å². The SMILES string of the molecule is Nc1nc(N2CCN(CCO)CC2)c(Cl)cc1Cl. The molecular weight excluding hydrogens is 275 g/mol. The van der Waals surface area contributed by atoms with Gasteiger partial charge in [-0.2, -0.15) is 0 Å². The van der Waals surface area contributed by atoms with Crippen LogP contribution in [0.4, 0.5) is 11.6 Å². The molecule has 0 aliphatic carbocycles. The molecule has 7 heteroatoms. The first-order chi connectivity index (χ1) is 8.61. The van der Waals surface area contributed by atoms with E-state index in [0.29, 0.717) is 28.2 Å². The van der Waals surface area contributed by atoms with Crippen LogP contribution < -0.4 is 10.6 Å². The summed E-state index contributed by atoms with van der Waals surface area (Å²) in [5.74, 6) is 0.982. The van der Waals surface area contributed by atoms with Gasteiger partial charge in [0.2, 0.25) is 0 Å². The first kappa shape index (κ1) is 13.7. The number of pyridine rings is 1. The Morgan fingerprint density at radius 3 is 2.50 bits per heavy atom. The normalized spacial score (nSPS) is 17.2. The minimum Gasteiger partial charge on any atom is -0.395 e. The Morgan fingerprint density at radius 2 is 1.89 bits per heavy atom. The highest BCUT2D eigenvalue weighted by atomic mass is 35.5. The van der Waals surface area contributed by atoms with Crippen molar-refractivity contribution in [1.29, 1.82) is 0 Å². The summed E-state index contributed by atoms with van der Waals surface area (Å²) in [6, 6.07) is 1.63. The number of piperazine rings is 1. The lowest BCUT2D eigenvalue weighted by Gasteiger charge is -2.35. The molecule has 3 N–H and O–H groups in total. The zero-order valence-electron chi connectivity index (χ0n) is 9.94. The van der Waals surface area contributed by atoms with Crippen molar-refractivity contribution in [2.75, 3.05) is 50.0 Å². The maximum absolute atomic E-state index is 8.89. The summed E-state index contributed by atoms with van der Waals surface area (Å²) in [4.78, 5) is 8.52. The summed E-state index contributed by atoms with van der Waals surface area (Å²) >= 11 is 12.0. The molecule has 1 aliphatic heterocycles. The lowest BCUT2D eigenvalue weighted by Crippen LogP contribution is -2.47. The fraction of sp³-hybridized carbons (Fsp3) is 0.545. The molecule has 0 unspecified atom stereocenters. The van der Waals surface area contributed by atoms with E-state index in [0.717, 1.165) is 26.2 Å². The number of anilines is 2. The topological polar surface area (TPSA) is 65.6 Å². The number of aliphatic hydroxyl groups excluding tert-OH is 1. The van der Waals surface area contributed by atoms with Gasteiger partial charge < -0.3 is 15.7 Å². The second-order valence-electron chi connectivity index (χ2n) is 4.21. The maximum Gasteiger partial charge on any atom is 0.150 e. The highest BCUT2D eigenvalue weighted by Gasteiger charge is 2.20. The molecule has 1 fully saturated rings. The Balaban J connectivity index is 2.07. The molecule has 0 bridgehead atoms. The Bertz CT molecular complexity index is 422. The molecule has 0 saturated carbocycles. The predicted octanol–water partition coefficient (Wildman–Crippen LogP) is 1.08. The molecule has 2 rings (SSSR count). The van der Waals surface area contributed by atoms with Gasteiger partial charge in [0.25, 0.3) is 0 Å². The lowest BCUT2D eigenvalue weighted by molar-refractivity contribution is 0.188. The zero-order valence-corrected chi connectivity index (χ0v) is 11.5. The summed E-state index contributed by atoms with van der Waals surface area (Å²) in [5.41, 5.74) is 5.70. The van der Waals surface area contributed by atoms with Crippen LogP contribution >= 0.6 is 23.2 Å². The summed E-state index contributed by atoms with van der Waals surface area (Å²) in [7, 11) is 0. The molecule has 5 nitrogen and oxygen atoms in total. The van der Waals surface area contributed by atoms with E-state index < -0.39 is 0 Å². The van der Waals surface area contributed by atoms with Gasteiger partial charge in [0.1, 0.15) is 11.6 Å². The third-order valence-electron chi connectivity index (χ3n) is 3.03. The third kappa shape index (κ3) is 2.98. The van der Waals surface area contributed by atoms with Crippen molar-refractivity contribution in [2.45, 2.75) is 0 Å². The highest BCUT2D eigenvalue weighted by molar-refractivity contribution is 6.37. The fourth-order valence-corrected chi connectivity index (χ4v) is 2.50. The summed E-state index contributed by atoms with van der Waals surface area (Å²) < 4.78 is 0. The number of β-amino-alcohol motifs (C(OH)–C–C–N with tert-alkyl or cyclic N) is 1. The van der Waals surface area contributed by atoms with E-state index in [-0.39, 0.29) is 6.61 Å². The Labute approximate surface area is 116 Å². The third-order valence-corrected chi connectivity index (χ3v) is 3.61. The number of nitrogen functional groups attached to an aromatic ring is 1. The summed E-state index contributed by atoms with van der Waals surface area (Å²) in [6.07, 6.45) is 0. The monoisotopic (exact) mass is 290 g/mol. The van der Waals surface area contributed by atoms with Crippen LogP contribution in [0.5, 0.6) is 0 Å². The minimum absolute atomic E-state index is 0.187. The Hall–Kier alpha value is -0.750. The van der Waals surface area contributed by atoms with Crippen molar-refractivity contribution in [2.24, 2.45) is 0 Å². The van der Waals surface area contributed by atoms with E-state index in [4.69, 9.17) is 34.0 Å². The second-order valence-corrected chi connectivity index (χ2v) is 5.03. The van der Waals surface area contributed by atoms with Gasteiger partial charge in [0.15, 0.2) is 0 Å². The molecule has 1 saturated heterocycles. The van der Waals surface area contributed by atoms with Crippen molar-refractivity contribution >= 4 is 34.8 Å². The van der Waals surface area contributed by atoms with Crippen LogP contribution in [0, 0.1) is 0 Å². The van der Waals surface area contributed by atoms with Crippen LogP contribution in [0.25, 0.3) is 0 Å². The Morgan fingerprint density at radius 1 is 1.22 bits per heavy atom. The average molecular weight is 291 g/mol. The van der Waals surface area contributed by atoms with Gasteiger partial charge in [-0.05, 0) is 6.07 Å². The summed E-state index contributed by atoms with van der Waals surface area (Å²) in [6.45, 7) is 4.27. The number of hydrogen-bond donors (Lipinski definition) is 2. The van der Waals surface area contributed by atoms with Gasteiger partial charge >= 0.3 is 0 Å². The van der Waals surface area contributed by atoms with E-state index in [1.165, 1.54) is 0 Å². The molecule has 1 aliphatic rings. The van der Waals surface area contributed by atoms with Crippen LogP contribution in [0.1, 0.15) is 0 Å². The van der Waals surface area contributed by atoms with E-state index in [2.05, 4.69) is 14.8 Å². The first-order valence-corrected chi connectivity index (χ1v) is 6.57. The molecule has 0 aromatic carbocycles. The molecular formula is C11H16Cl2N4O. The zero-order chi connectivity index (χ0) is 13.1. The van der Waals surface area contributed by atoms with Gasteiger partial charge in [-0.25, -0.2) is 4.98 Å². The maximum atomic E-state index is 8.89. The lowest BCUT2D eigenvalue weighted by atomic mass is 10.3. The van der Waals surface area contributed by atoms with Crippen LogP contribution in [-0.2, 0) is 0 Å². The largest absolute Gasteiger partial charge is 0.395 e. The smallest absolute Gasteiger partial charge is 0.150 e. The van der Waals surface area contributed by atoms with Crippen LogP contribution in [0.3, 0.4) is 0 Å². The molecule has 1 aromatic heterocycles. The van der Waals surface area contributed by atoms with E-state index in [9.17, 15) is 0 Å². The second kappa shape index (κ2) is 5.93. The molecule has 0 radical (unpaired) electrons.